The lowest BCUT2D eigenvalue weighted by Crippen LogP contribution is -2.44. The van der Waals surface area contributed by atoms with Crippen molar-refractivity contribution >= 4 is 11.9 Å². The van der Waals surface area contributed by atoms with Crippen LogP contribution in [0.2, 0.25) is 0 Å². The van der Waals surface area contributed by atoms with E-state index in [-0.39, 0.29) is 24.5 Å². The predicted octanol–water partition coefficient (Wildman–Crippen LogP) is 0.492. The Morgan fingerprint density at radius 2 is 2.24 bits per heavy atom. The highest BCUT2D eigenvalue weighted by Crippen LogP contribution is 2.16. The summed E-state index contributed by atoms with van der Waals surface area (Å²) in [5, 5.41) is 0. The van der Waals surface area contributed by atoms with Crippen molar-refractivity contribution in [2.24, 2.45) is 0 Å². The van der Waals surface area contributed by atoms with Crippen LogP contribution < -0.4 is 0 Å². The summed E-state index contributed by atoms with van der Waals surface area (Å²) in [6.07, 6.45) is 1.72. The Morgan fingerprint density at radius 3 is 2.71 bits per heavy atom. The molecular formula is C12H22N2O3. The molecule has 0 aliphatic carbocycles. The lowest BCUT2D eigenvalue weighted by Gasteiger charge is -2.25. The predicted molar refractivity (Wildman–Crippen MR) is 64.5 cm³/mol. The lowest BCUT2D eigenvalue weighted by molar-refractivity contribution is -0.145. The molecule has 1 atom stereocenters. The highest BCUT2D eigenvalue weighted by atomic mass is 16.5. The van der Waals surface area contributed by atoms with Gasteiger partial charge in [0.05, 0.1) is 19.2 Å². The molecule has 0 bridgehead atoms. The second kappa shape index (κ2) is 6.59. The molecule has 1 aliphatic heterocycles. The van der Waals surface area contributed by atoms with Crippen molar-refractivity contribution in [1.82, 2.24) is 9.80 Å². The fraction of sp³-hybridized carbons (Fsp3) is 0.833. The van der Waals surface area contributed by atoms with Crippen LogP contribution in [0.1, 0.15) is 26.7 Å². The minimum atomic E-state index is -0.247. The minimum absolute atomic E-state index is 0.114. The number of carbonyl (C=O) groups is 2. The number of rotatable bonds is 6. The van der Waals surface area contributed by atoms with Crippen molar-refractivity contribution in [3.63, 3.8) is 0 Å². The van der Waals surface area contributed by atoms with E-state index in [4.69, 9.17) is 4.74 Å². The topological polar surface area (TPSA) is 49.9 Å². The lowest BCUT2D eigenvalue weighted by atomic mass is 10.2. The quantitative estimate of drug-likeness (QED) is 0.636. The van der Waals surface area contributed by atoms with Gasteiger partial charge in [0, 0.05) is 13.6 Å². The molecule has 0 aromatic heterocycles. The average molecular weight is 242 g/mol. The summed E-state index contributed by atoms with van der Waals surface area (Å²) < 4.78 is 4.93. The molecule has 1 heterocycles. The van der Waals surface area contributed by atoms with E-state index in [1.54, 1.807) is 18.9 Å². The number of likely N-dealkylation sites (N-methyl/N-ethyl adjacent to an activating group) is 1. The zero-order valence-electron chi connectivity index (χ0n) is 10.9. The van der Waals surface area contributed by atoms with Crippen molar-refractivity contribution in [2.75, 3.05) is 33.3 Å². The van der Waals surface area contributed by atoms with E-state index in [0.29, 0.717) is 6.61 Å². The van der Waals surface area contributed by atoms with Gasteiger partial charge in [-0.1, -0.05) is 6.92 Å². The molecule has 5 nitrogen and oxygen atoms in total. The van der Waals surface area contributed by atoms with Gasteiger partial charge in [0.15, 0.2) is 0 Å². The maximum Gasteiger partial charge on any atom is 0.320 e. The fourth-order valence-electron chi connectivity index (χ4n) is 2.15. The van der Waals surface area contributed by atoms with Crippen LogP contribution in [-0.4, -0.2) is 61.0 Å². The van der Waals surface area contributed by atoms with E-state index < -0.39 is 0 Å². The molecule has 0 saturated carbocycles. The Morgan fingerprint density at radius 1 is 1.53 bits per heavy atom. The first kappa shape index (κ1) is 14.0. The summed E-state index contributed by atoms with van der Waals surface area (Å²) in [7, 11) is 1.80. The third-order valence-electron chi connectivity index (χ3n) is 2.99. The summed E-state index contributed by atoms with van der Waals surface area (Å²) in [6.45, 7) is 5.96. The Labute approximate surface area is 103 Å². The smallest absolute Gasteiger partial charge is 0.320 e. The summed E-state index contributed by atoms with van der Waals surface area (Å²) in [4.78, 5) is 27.0. The van der Waals surface area contributed by atoms with E-state index in [0.717, 1.165) is 25.9 Å². The van der Waals surface area contributed by atoms with Crippen LogP contribution in [0, 0.1) is 0 Å². The molecular weight excluding hydrogens is 220 g/mol. The molecule has 98 valence electrons. The van der Waals surface area contributed by atoms with E-state index >= 15 is 0 Å². The molecule has 0 spiro atoms. The molecule has 0 aromatic carbocycles. The van der Waals surface area contributed by atoms with Crippen molar-refractivity contribution in [1.29, 1.82) is 0 Å². The van der Waals surface area contributed by atoms with Gasteiger partial charge in [-0.15, -0.1) is 0 Å². The van der Waals surface area contributed by atoms with E-state index in [9.17, 15) is 9.59 Å². The summed E-state index contributed by atoms with van der Waals surface area (Å²) in [5.74, 6) is -0.133. The summed E-state index contributed by atoms with van der Waals surface area (Å²) in [6, 6.07) is -0.149. The first-order valence-electron chi connectivity index (χ1n) is 6.24. The number of esters is 1. The van der Waals surface area contributed by atoms with Gasteiger partial charge in [-0.05, 0) is 26.3 Å². The van der Waals surface area contributed by atoms with E-state index in [1.807, 2.05) is 11.8 Å². The van der Waals surface area contributed by atoms with Crippen LogP contribution in [-0.2, 0) is 14.3 Å². The standard InChI is InChI=1S/C12H22N2O3/c1-4-7-14(9-11(15)17-5-2)10-6-8-13(3)12(10)16/h10H,4-9H2,1-3H3. The average Bonchev–Trinajstić information content (AvgIpc) is 2.60. The highest BCUT2D eigenvalue weighted by molar-refractivity contribution is 5.84. The molecule has 1 amide bonds. The molecule has 1 aliphatic rings. The Bertz CT molecular complexity index is 281. The van der Waals surface area contributed by atoms with E-state index in [1.165, 1.54) is 0 Å². The van der Waals surface area contributed by atoms with Crippen LogP contribution in [0.3, 0.4) is 0 Å². The van der Waals surface area contributed by atoms with Gasteiger partial charge in [0.25, 0.3) is 0 Å². The van der Waals surface area contributed by atoms with Gasteiger partial charge in [-0.3, -0.25) is 14.5 Å². The number of hydrogen-bond donors (Lipinski definition) is 0. The van der Waals surface area contributed by atoms with Gasteiger partial charge < -0.3 is 9.64 Å². The van der Waals surface area contributed by atoms with Crippen LogP contribution in [0.25, 0.3) is 0 Å². The largest absolute Gasteiger partial charge is 0.465 e. The van der Waals surface area contributed by atoms with Crippen LogP contribution in [0.4, 0.5) is 0 Å². The monoisotopic (exact) mass is 242 g/mol. The molecule has 17 heavy (non-hydrogen) atoms. The first-order valence-corrected chi connectivity index (χ1v) is 6.24. The van der Waals surface area contributed by atoms with Crippen LogP contribution in [0.15, 0.2) is 0 Å². The zero-order chi connectivity index (χ0) is 12.8. The Kier molecular flexibility index (Phi) is 5.41. The first-order chi connectivity index (χ1) is 8.10. The van der Waals surface area contributed by atoms with Crippen LogP contribution >= 0.6 is 0 Å². The summed E-state index contributed by atoms with van der Waals surface area (Å²) >= 11 is 0. The van der Waals surface area contributed by atoms with Gasteiger partial charge in [-0.25, -0.2) is 0 Å². The number of likely N-dealkylation sites (tertiary alicyclic amines) is 1. The van der Waals surface area contributed by atoms with Crippen molar-refractivity contribution in [2.45, 2.75) is 32.7 Å². The van der Waals surface area contributed by atoms with Gasteiger partial charge >= 0.3 is 5.97 Å². The van der Waals surface area contributed by atoms with Crippen molar-refractivity contribution in [3.05, 3.63) is 0 Å². The van der Waals surface area contributed by atoms with Crippen LogP contribution in [0.5, 0.6) is 0 Å². The van der Waals surface area contributed by atoms with Gasteiger partial charge in [-0.2, -0.15) is 0 Å². The molecule has 1 fully saturated rings. The molecule has 1 rings (SSSR count). The molecule has 0 N–H and O–H groups in total. The number of hydrogen-bond acceptors (Lipinski definition) is 4. The summed E-state index contributed by atoms with van der Waals surface area (Å²) in [5.41, 5.74) is 0. The Hall–Kier alpha value is -1.10. The third kappa shape index (κ3) is 3.70. The van der Waals surface area contributed by atoms with Gasteiger partial charge in [0.1, 0.15) is 0 Å². The second-order valence-corrected chi connectivity index (χ2v) is 4.34. The third-order valence-corrected chi connectivity index (χ3v) is 2.99. The number of carbonyl (C=O) groups excluding carboxylic acids is 2. The van der Waals surface area contributed by atoms with Crippen molar-refractivity contribution < 1.29 is 14.3 Å². The zero-order valence-corrected chi connectivity index (χ0v) is 10.9. The maximum absolute atomic E-state index is 11.9. The SMILES string of the molecule is CCCN(CC(=O)OCC)C1CCN(C)C1=O. The molecule has 0 aromatic rings. The highest BCUT2D eigenvalue weighted by Gasteiger charge is 2.34. The number of amides is 1. The Balaban J connectivity index is 2.59. The molecule has 1 unspecified atom stereocenters. The minimum Gasteiger partial charge on any atom is -0.465 e. The number of ether oxygens (including phenoxy) is 1. The van der Waals surface area contributed by atoms with E-state index in [2.05, 4.69) is 0 Å². The second-order valence-electron chi connectivity index (χ2n) is 4.34. The molecule has 0 radical (unpaired) electrons. The van der Waals surface area contributed by atoms with Crippen molar-refractivity contribution in [3.8, 4) is 0 Å². The molecule has 1 saturated heterocycles. The fourth-order valence-corrected chi connectivity index (χ4v) is 2.15. The maximum atomic E-state index is 11.9. The number of nitrogens with zero attached hydrogens (tertiary/aromatic N) is 2. The normalized spacial score (nSPS) is 20.1. The molecule has 5 heteroatoms. The van der Waals surface area contributed by atoms with Gasteiger partial charge in [0.2, 0.25) is 5.91 Å².